The second-order valence-electron chi connectivity index (χ2n) is 5.54. The van der Waals surface area contributed by atoms with Gasteiger partial charge >= 0.3 is 0 Å². The number of allylic oxidation sites excluding steroid dienone is 2. The van der Waals surface area contributed by atoms with Crippen molar-refractivity contribution in [3.63, 3.8) is 0 Å². The van der Waals surface area contributed by atoms with Gasteiger partial charge in [0.15, 0.2) is 0 Å². The molecule has 0 aliphatic rings. The SMILES string of the molecule is C=C/C=C(N)\C(=C/N)SC(=C)c1ccccc1NC(=O)c1ccc(F)cc1F. The summed E-state index contributed by atoms with van der Waals surface area (Å²) in [6.07, 6.45) is 4.48. The highest BCUT2D eigenvalue weighted by Gasteiger charge is 2.16. The summed E-state index contributed by atoms with van der Waals surface area (Å²) >= 11 is 1.21. The van der Waals surface area contributed by atoms with E-state index in [0.717, 1.165) is 12.1 Å². The number of carbonyl (C=O) groups is 1. The summed E-state index contributed by atoms with van der Waals surface area (Å²) in [6, 6.07) is 9.63. The Kier molecular flexibility index (Phi) is 7.17. The van der Waals surface area contributed by atoms with Gasteiger partial charge in [-0.2, -0.15) is 0 Å². The lowest BCUT2D eigenvalue weighted by molar-refractivity contribution is 0.102. The van der Waals surface area contributed by atoms with Crippen LogP contribution >= 0.6 is 11.8 Å². The standard InChI is InChI=1S/C21H19F2N3OS/c1-3-6-18(25)20(12-24)28-13(2)15-7-4-5-8-19(15)26-21(27)16-10-9-14(22)11-17(16)23/h3-12H,1-2,24-25H2,(H,26,27)/b18-6+,20-12+. The summed E-state index contributed by atoms with van der Waals surface area (Å²) < 4.78 is 26.9. The molecule has 4 nitrogen and oxygen atoms in total. The van der Waals surface area contributed by atoms with Gasteiger partial charge in [0.2, 0.25) is 0 Å². The minimum atomic E-state index is -0.945. The first-order valence-corrected chi connectivity index (χ1v) is 8.92. The van der Waals surface area contributed by atoms with E-state index in [9.17, 15) is 13.6 Å². The first kappa shape index (κ1) is 21.0. The summed E-state index contributed by atoms with van der Waals surface area (Å²) in [7, 11) is 0. The molecule has 7 heteroatoms. The van der Waals surface area contributed by atoms with Gasteiger partial charge in [-0.15, -0.1) is 0 Å². The van der Waals surface area contributed by atoms with Crippen LogP contribution in [-0.4, -0.2) is 5.91 Å². The molecule has 0 spiro atoms. The van der Waals surface area contributed by atoms with E-state index in [1.54, 1.807) is 30.3 Å². The lowest BCUT2D eigenvalue weighted by Gasteiger charge is -2.14. The van der Waals surface area contributed by atoms with Gasteiger partial charge < -0.3 is 16.8 Å². The molecule has 0 aromatic heterocycles. The number of carbonyl (C=O) groups excluding carboxylic acids is 1. The monoisotopic (exact) mass is 399 g/mol. The van der Waals surface area contributed by atoms with Gasteiger partial charge in [-0.25, -0.2) is 8.78 Å². The van der Waals surface area contributed by atoms with Crippen molar-refractivity contribution < 1.29 is 13.6 Å². The minimum absolute atomic E-state index is 0.268. The van der Waals surface area contributed by atoms with Crippen LogP contribution in [0.15, 0.2) is 84.6 Å². The predicted octanol–water partition coefficient (Wildman–Crippen LogP) is 4.75. The first-order chi connectivity index (χ1) is 13.4. The van der Waals surface area contributed by atoms with Crippen LogP contribution < -0.4 is 16.8 Å². The highest BCUT2D eigenvalue weighted by Crippen LogP contribution is 2.37. The third kappa shape index (κ3) is 5.11. The Morgan fingerprint density at radius 2 is 1.86 bits per heavy atom. The largest absolute Gasteiger partial charge is 0.404 e. The van der Waals surface area contributed by atoms with Crippen LogP contribution in [0.1, 0.15) is 15.9 Å². The zero-order valence-electron chi connectivity index (χ0n) is 14.9. The molecule has 0 heterocycles. The molecule has 144 valence electrons. The second-order valence-corrected chi connectivity index (χ2v) is 6.67. The highest BCUT2D eigenvalue weighted by molar-refractivity contribution is 8.12. The zero-order valence-corrected chi connectivity index (χ0v) is 15.7. The normalized spacial score (nSPS) is 11.8. The van der Waals surface area contributed by atoms with Gasteiger partial charge in [0.25, 0.3) is 5.91 Å². The minimum Gasteiger partial charge on any atom is -0.404 e. The quantitative estimate of drug-likeness (QED) is 0.587. The molecule has 28 heavy (non-hydrogen) atoms. The Bertz CT molecular complexity index is 983. The molecule has 0 saturated carbocycles. The smallest absolute Gasteiger partial charge is 0.258 e. The topological polar surface area (TPSA) is 81.1 Å². The van der Waals surface area contributed by atoms with Crippen molar-refractivity contribution in [2.45, 2.75) is 0 Å². The maximum Gasteiger partial charge on any atom is 0.258 e. The van der Waals surface area contributed by atoms with E-state index < -0.39 is 17.5 Å². The van der Waals surface area contributed by atoms with Crippen LogP contribution in [0.5, 0.6) is 0 Å². The van der Waals surface area contributed by atoms with E-state index >= 15 is 0 Å². The second kappa shape index (κ2) is 9.57. The molecule has 0 radical (unpaired) electrons. The molecule has 0 saturated heterocycles. The van der Waals surface area contributed by atoms with E-state index in [1.807, 2.05) is 0 Å². The fourth-order valence-electron chi connectivity index (χ4n) is 2.28. The van der Waals surface area contributed by atoms with E-state index in [1.165, 1.54) is 24.0 Å². The average molecular weight is 399 g/mol. The number of hydrogen-bond acceptors (Lipinski definition) is 4. The number of anilines is 1. The van der Waals surface area contributed by atoms with Gasteiger partial charge in [0.05, 0.1) is 10.5 Å². The lowest BCUT2D eigenvalue weighted by Crippen LogP contribution is -2.15. The molecule has 2 aromatic carbocycles. The van der Waals surface area contributed by atoms with E-state index in [4.69, 9.17) is 11.5 Å². The van der Waals surface area contributed by atoms with Crippen LogP contribution in [-0.2, 0) is 0 Å². The number of thioether (sulfide) groups is 1. The summed E-state index contributed by atoms with van der Waals surface area (Å²) in [4.78, 5) is 13.5. The molecule has 0 aliphatic heterocycles. The Labute approximate surface area is 166 Å². The maximum atomic E-state index is 13.9. The third-order valence-electron chi connectivity index (χ3n) is 3.62. The number of nitrogens with two attached hydrogens (primary N) is 2. The van der Waals surface area contributed by atoms with E-state index in [2.05, 4.69) is 18.5 Å². The number of para-hydroxylation sites is 1. The van der Waals surface area contributed by atoms with E-state index in [-0.39, 0.29) is 5.56 Å². The van der Waals surface area contributed by atoms with Crippen molar-refractivity contribution in [2.75, 3.05) is 5.32 Å². The number of rotatable bonds is 7. The Morgan fingerprint density at radius 3 is 2.50 bits per heavy atom. The van der Waals surface area contributed by atoms with Crippen molar-refractivity contribution in [1.29, 1.82) is 0 Å². The summed E-state index contributed by atoms with van der Waals surface area (Å²) in [5.41, 5.74) is 12.7. The molecular weight excluding hydrogens is 380 g/mol. The van der Waals surface area contributed by atoms with E-state index in [0.29, 0.717) is 32.8 Å². The van der Waals surface area contributed by atoms with Crippen molar-refractivity contribution in [3.8, 4) is 0 Å². The van der Waals surface area contributed by atoms with Gasteiger partial charge in [0, 0.05) is 34.1 Å². The Balaban J connectivity index is 2.27. The molecule has 0 fully saturated rings. The molecule has 0 bridgehead atoms. The highest BCUT2D eigenvalue weighted by atomic mass is 32.2. The maximum absolute atomic E-state index is 13.9. The van der Waals surface area contributed by atoms with Gasteiger partial charge in [0.1, 0.15) is 11.6 Å². The number of amides is 1. The molecule has 5 N–H and O–H groups in total. The number of nitrogens with one attached hydrogen (secondary N) is 1. The molecular formula is C21H19F2N3OS. The summed E-state index contributed by atoms with van der Waals surface area (Å²) in [5, 5.41) is 2.63. The molecule has 0 atom stereocenters. The fourth-order valence-corrected chi connectivity index (χ4v) is 3.09. The van der Waals surface area contributed by atoms with Gasteiger partial charge in [-0.1, -0.05) is 49.2 Å². The summed E-state index contributed by atoms with van der Waals surface area (Å²) in [6.45, 7) is 7.59. The fraction of sp³-hybridized carbons (Fsp3) is 0. The zero-order chi connectivity index (χ0) is 20.7. The van der Waals surface area contributed by atoms with Crippen LogP contribution in [0.2, 0.25) is 0 Å². The van der Waals surface area contributed by atoms with Gasteiger partial charge in [-0.3, -0.25) is 4.79 Å². The average Bonchev–Trinajstić information content (AvgIpc) is 2.66. The number of benzene rings is 2. The molecule has 2 rings (SSSR count). The predicted molar refractivity (Wildman–Crippen MR) is 112 cm³/mol. The molecule has 0 unspecified atom stereocenters. The van der Waals surface area contributed by atoms with Crippen LogP contribution in [0.25, 0.3) is 4.91 Å². The lowest BCUT2D eigenvalue weighted by atomic mass is 10.1. The van der Waals surface area contributed by atoms with Crippen LogP contribution in [0.4, 0.5) is 14.5 Å². The number of hydrogen-bond donors (Lipinski definition) is 3. The summed E-state index contributed by atoms with van der Waals surface area (Å²) in [5.74, 6) is -2.41. The van der Waals surface area contributed by atoms with Gasteiger partial charge in [-0.05, 0) is 24.3 Å². The molecule has 2 aromatic rings. The van der Waals surface area contributed by atoms with Crippen molar-refractivity contribution in [3.05, 3.63) is 107 Å². The molecule has 0 aliphatic carbocycles. The van der Waals surface area contributed by atoms with Crippen LogP contribution in [0.3, 0.4) is 0 Å². The van der Waals surface area contributed by atoms with Crippen molar-refractivity contribution in [1.82, 2.24) is 0 Å². The Morgan fingerprint density at radius 1 is 1.14 bits per heavy atom. The molecule has 1 amide bonds. The number of halogens is 2. The van der Waals surface area contributed by atoms with Crippen molar-refractivity contribution >= 4 is 28.3 Å². The van der Waals surface area contributed by atoms with Crippen molar-refractivity contribution in [2.24, 2.45) is 11.5 Å². The first-order valence-electron chi connectivity index (χ1n) is 8.10. The van der Waals surface area contributed by atoms with Crippen LogP contribution in [0, 0.1) is 11.6 Å². The Hall–Kier alpha value is -3.32. The third-order valence-corrected chi connectivity index (χ3v) is 4.68.